The van der Waals surface area contributed by atoms with Crippen molar-refractivity contribution in [1.82, 2.24) is 5.32 Å². The summed E-state index contributed by atoms with van der Waals surface area (Å²) in [4.78, 5) is 10.5. The predicted octanol–water partition coefficient (Wildman–Crippen LogP) is -0.355. The summed E-state index contributed by atoms with van der Waals surface area (Å²) in [5, 5.41) is 2.69. The van der Waals surface area contributed by atoms with Crippen molar-refractivity contribution in [3.63, 3.8) is 0 Å². The number of halogens is 1. The summed E-state index contributed by atoms with van der Waals surface area (Å²) in [5.41, 5.74) is 5.46. The number of carbonyl (C=O) groups excluding carboxylic acids is 1. The second kappa shape index (κ2) is 3.69. The van der Waals surface area contributed by atoms with Gasteiger partial charge >= 0.3 is 0 Å². The second-order valence-electron chi connectivity index (χ2n) is 2.10. The standard InChI is InChI=1S/C5H10N2O.ClH/c6-4-1-2-7-5(8)3-4;/h4H,1-3,6H2,(H,7,8);1H/t4-;/m0./s1. The Kier molecular flexibility index (Phi) is 3.58. The molecular weight excluding hydrogens is 140 g/mol. The summed E-state index contributed by atoms with van der Waals surface area (Å²) >= 11 is 0. The van der Waals surface area contributed by atoms with Crippen LogP contribution in [0.4, 0.5) is 0 Å². The molecule has 1 saturated heterocycles. The van der Waals surface area contributed by atoms with E-state index in [0.29, 0.717) is 6.42 Å². The molecule has 1 amide bonds. The van der Waals surface area contributed by atoms with E-state index in [1.54, 1.807) is 0 Å². The van der Waals surface area contributed by atoms with Crippen molar-refractivity contribution in [3.8, 4) is 0 Å². The van der Waals surface area contributed by atoms with Crippen molar-refractivity contribution in [2.75, 3.05) is 6.54 Å². The van der Waals surface area contributed by atoms with Gasteiger partial charge in [0.05, 0.1) is 0 Å². The van der Waals surface area contributed by atoms with E-state index in [4.69, 9.17) is 5.73 Å². The van der Waals surface area contributed by atoms with Crippen LogP contribution in [-0.2, 0) is 4.79 Å². The van der Waals surface area contributed by atoms with Crippen LogP contribution in [-0.4, -0.2) is 18.5 Å². The Morgan fingerprint density at radius 3 is 2.67 bits per heavy atom. The summed E-state index contributed by atoms with van der Waals surface area (Å²) in [6, 6.07) is 0.101. The van der Waals surface area contributed by atoms with Crippen molar-refractivity contribution in [2.24, 2.45) is 5.73 Å². The van der Waals surface area contributed by atoms with E-state index in [1.165, 1.54) is 0 Å². The van der Waals surface area contributed by atoms with Gasteiger partial charge in [0.1, 0.15) is 0 Å². The number of hydrogen-bond donors (Lipinski definition) is 2. The highest BCUT2D eigenvalue weighted by Gasteiger charge is 2.13. The molecule has 0 bridgehead atoms. The lowest BCUT2D eigenvalue weighted by Gasteiger charge is -2.16. The average Bonchev–Trinajstić information content (AvgIpc) is 1.64. The minimum absolute atomic E-state index is 0. The molecule has 1 atom stereocenters. The van der Waals surface area contributed by atoms with Crippen LogP contribution in [0.2, 0.25) is 0 Å². The molecule has 0 aromatic carbocycles. The van der Waals surface area contributed by atoms with Crippen LogP contribution in [0.15, 0.2) is 0 Å². The number of amides is 1. The summed E-state index contributed by atoms with van der Waals surface area (Å²) in [7, 11) is 0. The minimum atomic E-state index is 0. The van der Waals surface area contributed by atoms with E-state index in [2.05, 4.69) is 5.32 Å². The molecule has 0 aromatic heterocycles. The molecule has 1 fully saturated rings. The maximum atomic E-state index is 10.5. The van der Waals surface area contributed by atoms with E-state index >= 15 is 0 Å². The third-order valence-electron chi connectivity index (χ3n) is 1.28. The molecule has 0 saturated carbocycles. The largest absolute Gasteiger partial charge is 0.356 e. The summed E-state index contributed by atoms with van der Waals surface area (Å²) in [6.07, 6.45) is 1.42. The Bertz CT molecular complexity index is 107. The van der Waals surface area contributed by atoms with Gasteiger partial charge in [-0.2, -0.15) is 0 Å². The fourth-order valence-electron chi connectivity index (χ4n) is 0.809. The third-order valence-corrected chi connectivity index (χ3v) is 1.28. The first kappa shape index (κ1) is 8.72. The Morgan fingerprint density at radius 2 is 2.33 bits per heavy atom. The molecule has 1 rings (SSSR count). The number of nitrogens with one attached hydrogen (secondary N) is 1. The molecule has 54 valence electrons. The lowest BCUT2D eigenvalue weighted by molar-refractivity contribution is -0.122. The maximum absolute atomic E-state index is 10.5. The van der Waals surface area contributed by atoms with Crippen molar-refractivity contribution < 1.29 is 4.79 Å². The highest BCUT2D eigenvalue weighted by molar-refractivity contribution is 5.85. The maximum Gasteiger partial charge on any atom is 0.221 e. The normalized spacial score (nSPS) is 26.3. The van der Waals surface area contributed by atoms with Gasteiger partial charge in [0.2, 0.25) is 5.91 Å². The number of hydrogen-bond acceptors (Lipinski definition) is 2. The number of nitrogens with two attached hydrogens (primary N) is 1. The molecule has 0 aliphatic carbocycles. The quantitative estimate of drug-likeness (QED) is 0.496. The molecule has 9 heavy (non-hydrogen) atoms. The minimum Gasteiger partial charge on any atom is -0.356 e. The van der Waals surface area contributed by atoms with Gasteiger partial charge in [0.25, 0.3) is 0 Å². The van der Waals surface area contributed by atoms with E-state index in [-0.39, 0.29) is 24.4 Å². The molecule has 1 heterocycles. The van der Waals surface area contributed by atoms with Gasteiger partial charge in [-0.25, -0.2) is 0 Å². The molecule has 0 unspecified atom stereocenters. The van der Waals surface area contributed by atoms with Crippen molar-refractivity contribution in [1.29, 1.82) is 0 Å². The van der Waals surface area contributed by atoms with E-state index in [1.807, 2.05) is 0 Å². The van der Waals surface area contributed by atoms with Crippen molar-refractivity contribution >= 4 is 18.3 Å². The molecule has 1 aliphatic rings. The topological polar surface area (TPSA) is 55.1 Å². The first-order valence-corrected chi connectivity index (χ1v) is 2.81. The first-order chi connectivity index (χ1) is 3.79. The lowest BCUT2D eigenvalue weighted by Crippen LogP contribution is -2.40. The molecule has 4 heteroatoms. The van der Waals surface area contributed by atoms with E-state index < -0.39 is 0 Å². The van der Waals surface area contributed by atoms with Gasteiger partial charge in [0, 0.05) is 19.0 Å². The zero-order chi connectivity index (χ0) is 5.98. The number of rotatable bonds is 0. The van der Waals surface area contributed by atoms with Crippen LogP contribution in [0.3, 0.4) is 0 Å². The van der Waals surface area contributed by atoms with Crippen LogP contribution >= 0.6 is 12.4 Å². The van der Waals surface area contributed by atoms with Crippen molar-refractivity contribution in [2.45, 2.75) is 18.9 Å². The Balaban J connectivity index is 0.000000640. The summed E-state index contributed by atoms with van der Waals surface area (Å²) in [5.74, 6) is 0.0868. The monoisotopic (exact) mass is 150 g/mol. The zero-order valence-electron chi connectivity index (χ0n) is 5.09. The average molecular weight is 151 g/mol. The highest BCUT2D eigenvalue weighted by Crippen LogP contribution is 1.98. The summed E-state index contributed by atoms with van der Waals surface area (Å²) < 4.78 is 0. The molecule has 0 spiro atoms. The molecule has 0 aromatic rings. The Labute approximate surface area is 60.4 Å². The molecule has 3 N–H and O–H groups in total. The van der Waals surface area contributed by atoms with Crippen LogP contribution in [0.5, 0.6) is 0 Å². The number of piperidine rings is 1. The van der Waals surface area contributed by atoms with Gasteiger partial charge in [-0.3, -0.25) is 4.79 Å². The highest BCUT2D eigenvalue weighted by atomic mass is 35.5. The van der Waals surface area contributed by atoms with Gasteiger partial charge in [-0.1, -0.05) is 0 Å². The first-order valence-electron chi connectivity index (χ1n) is 2.81. The summed E-state index contributed by atoms with van der Waals surface area (Å²) in [6.45, 7) is 0.750. The fraction of sp³-hybridized carbons (Fsp3) is 0.800. The lowest BCUT2D eigenvalue weighted by atomic mass is 10.1. The molecule has 1 aliphatic heterocycles. The van der Waals surface area contributed by atoms with Crippen LogP contribution in [0.1, 0.15) is 12.8 Å². The Morgan fingerprint density at radius 1 is 1.67 bits per heavy atom. The Hall–Kier alpha value is -0.280. The third kappa shape index (κ3) is 2.67. The molecule has 3 nitrogen and oxygen atoms in total. The van der Waals surface area contributed by atoms with Crippen molar-refractivity contribution in [3.05, 3.63) is 0 Å². The fourth-order valence-corrected chi connectivity index (χ4v) is 0.809. The van der Waals surface area contributed by atoms with Gasteiger partial charge in [-0.15, -0.1) is 12.4 Å². The van der Waals surface area contributed by atoms with Gasteiger partial charge < -0.3 is 11.1 Å². The van der Waals surface area contributed by atoms with Crippen LogP contribution in [0, 0.1) is 0 Å². The zero-order valence-corrected chi connectivity index (χ0v) is 5.91. The SMILES string of the molecule is Cl.N[C@H]1CCNC(=O)C1. The number of carbonyl (C=O) groups is 1. The molecule has 0 radical (unpaired) electrons. The van der Waals surface area contributed by atoms with E-state index in [0.717, 1.165) is 13.0 Å². The smallest absolute Gasteiger partial charge is 0.221 e. The van der Waals surface area contributed by atoms with Gasteiger partial charge in [0.15, 0.2) is 0 Å². The predicted molar refractivity (Wildman–Crippen MR) is 37.5 cm³/mol. The van der Waals surface area contributed by atoms with E-state index in [9.17, 15) is 4.79 Å². The molecular formula is C5H11ClN2O. The van der Waals surface area contributed by atoms with Crippen LogP contribution < -0.4 is 11.1 Å². The van der Waals surface area contributed by atoms with Crippen LogP contribution in [0.25, 0.3) is 0 Å². The van der Waals surface area contributed by atoms with Gasteiger partial charge in [-0.05, 0) is 6.42 Å². The second-order valence-corrected chi connectivity index (χ2v) is 2.10.